The van der Waals surface area contributed by atoms with Crippen molar-refractivity contribution in [3.63, 3.8) is 0 Å². The molecule has 4 nitrogen and oxygen atoms in total. The van der Waals surface area contributed by atoms with Crippen molar-refractivity contribution in [1.82, 2.24) is 4.90 Å². The van der Waals surface area contributed by atoms with E-state index in [1.54, 1.807) is 0 Å². The van der Waals surface area contributed by atoms with Crippen LogP contribution in [0.4, 0.5) is 0 Å². The third kappa shape index (κ3) is 3.01. The van der Waals surface area contributed by atoms with E-state index >= 15 is 0 Å². The number of nitrogens with two attached hydrogens (primary N) is 1. The van der Waals surface area contributed by atoms with Crippen molar-refractivity contribution in [2.45, 2.75) is 26.2 Å². The molecule has 1 fully saturated rings. The van der Waals surface area contributed by atoms with Gasteiger partial charge >= 0.3 is 0 Å². The van der Waals surface area contributed by atoms with Gasteiger partial charge in [0.2, 0.25) is 5.91 Å². The molecule has 1 rings (SSSR count). The van der Waals surface area contributed by atoms with E-state index in [4.69, 9.17) is 5.73 Å². The van der Waals surface area contributed by atoms with E-state index < -0.39 is 0 Å². The molecule has 1 heterocycles. The van der Waals surface area contributed by atoms with Crippen molar-refractivity contribution in [2.24, 2.45) is 16.6 Å². The molecule has 1 amide bonds. The van der Waals surface area contributed by atoms with Crippen molar-refractivity contribution >= 4 is 12.2 Å². The fourth-order valence-electron chi connectivity index (χ4n) is 1.79. The Morgan fingerprint density at radius 3 is 3.14 bits per heavy atom. The second kappa shape index (κ2) is 5.62. The highest BCUT2D eigenvalue weighted by molar-refractivity contribution is 5.76. The number of hydrogen-bond donors (Lipinski definition) is 1. The van der Waals surface area contributed by atoms with Crippen molar-refractivity contribution < 1.29 is 4.79 Å². The lowest BCUT2D eigenvalue weighted by Crippen LogP contribution is -2.28. The summed E-state index contributed by atoms with van der Waals surface area (Å²) < 4.78 is 0. The van der Waals surface area contributed by atoms with Crippen LogP contribution in [0.5, 0.6) is 0 Å². The summed E-state index contributed by atoms with van der Waals surface area (Å²) in [6.45, 7) is 4.54. The van der Waals surface area contributed by atoms with E-state index in [-0.39, 0.29) is 5.91 Å². The summed E-state index contributed by atoms with van der Waals surface area (Å²) >= 11 is 0. The highest BCUT2D eigenvalue weighted by atomic mass is 16.2. The maximum absolute atomic E-state index is 11.5. The molecule has 0 aromatic heterocycles. The van der Waals surface area contributed by atoms with Crippen LogP contribution in [-0.2, 0) is 4.79 Å². The Morgan fingerprint density at radius 1 is 1.71 bits per heavy atom. The van der Waals surface area contributed by atoms with E-state index in [0.717, 1.165) is 32.5 Å². The van der Waals surface area contributed by atoms with Crippen molar-refractivity contribution in [1.29, 1.82) is 0 Å². The molecule has 2 N–H and O–H groups in total. The maximum Gasteiger partial charge on any atom is 0.222 e. The van der Waals surface area contributed by atoms with Crippen molar-refractivity contribution in [2.75, 3.05) is 19.6 Å². The molecule has 80 valence electrons. The number of aliphatic imine (C=N–C) groups is 1. The molecule has 14 heavy (non-hydrogen) atoms. The van der Waals surface area contributed by atoms with Gasteiger partial charge in [0, 0.05) is 26.1 Å². The molecule has 0 radical (unpaired) electrons. The van der Waals surface area contributed by atoms with Crippen LogP contribution < -0.4 is 5.73 Å². The van der Waals surface area contributed by atoms with Gasteiger partial charge in [0.05, 0.1) is 6.34 Å². The lowest BCUT2D eigenvalue weighted by molar-refractivity contribution is -0.130. The van der Waals surface area contributed by atoms with E-state index in [1.807, 2.05) is 11.8 Å². The van der Waals surface area contributed by atoms with Crippen LogP contribution in [-0.4, -0.2) is 36.8 Å². The Labute approximate surface area is 85.2 Å². The molecule has 1 aliphatic rings. The zero-order valence-corrected chi connectivity index (χ0v) is 8.78. The normalized spacial score (nSPS) is 22.1. The summed E-state index contributed by atoms with van der Waals surface area (Å²) in [4.78, 5) is 17.5. The van der Waals surface area contributed by atoms with Gasteiger partial charge in [0.15, 0.2) is 0 Å². The number of hydrogen-bond acceptors (Lipinski definition) is 2. The molecule has 0 aromatic carbocycles. The van der Waals surface area contributed by atoms with E-state index in [2.05, 4.69) is 4.99 Å². The quantitative estimate of drug-likeness (QED) is 0.530. The van der Waals surface area contributed by atoms with Gasteiger partial charge in [-0.2, -0.15) is 0 Å². The molecule has 1 saturated heterocycles. The fraction of sp³-hybridized carbons (Fsp3) is 0.800. The number of likely N-dealkylation sites (tertiary alicyclic amines) is 1. The van der Waals surface area contributed by atoms with Gasteiger partial charge in [-0.25, -0.2) is 0 Å². The monoisotopic (exact) mass is 197 g/mol. The van der Waals surface area contributed by atoms with E-state index in [9.17, 15) is 4.79 Å². The van der Waals surface area contributed by atoms with Gasteiger partial charge < -0.3 is 10.6 Å². The number of nitrogens with zero attached hydrogens (tertiary/aromatic N) is 2. The van der Waals surface area contributed by atoms with Gasteiger partial charge in [-0.3, -0.25) is 9.79 Å². The van der Waals surface area contributed by atoms with Crippen LogP contribution in [0.2, 0.25) is 0 Å². The third-order valence-corrected chi connectivity index (χ3v) is 2.57. The highest BCUT2D eigenvalue weighted by Crippen LogP contribution is 2.17. The fourth-order valence-corrected chi connectivity index (χ4v) is 1.79. The number of rotatable bonds is 4. The summed E-state index contributed by atoms with van der Waals surface area (Å²) in [7, 11) is 0. The minimum atomic E-state index is 0.284. The van der Waals surface area contributed by atoms with Gasteiger partial charge in [0.1, 0.15) is 0 Å². The predicted octanol–water partition coefficient (Wildman–Crippen LogP) is 0.622. The van der Waals surface area contributed by atoms with E-state index in [1.165, 1.54) is 6.34 Å². The summed E-state index contributed by atoms with van der Waals surface area (Å²) in [5, 5.41) is 0. The molecule has 1 atom stereocenters. The van der Waals surface area contributed by atoms with Crippen molar-refractivity contribution in [3.05, 3.63) is 0 Å². The Hall–Kier alpha value is -1.06. The Balaban J connectivity index is 2.29. The lowest BCUT2D eigenvalue weighted by atomic mass is 10.1. The first kappa shape index (κ1) is 11.0. The molecule has 1 aliphatic heterocycles. The average molecular weight is 197 g/mol. The minimum absolute atomic E-state index is 0.284. The standard InChI is InChI=1S/C10H19N3O/c1-2-3-10(14)13-5-4-9(7-13)6-12-8-11/h8-9H,2-7H2,1H3,(H2,11,12). The second-order valence-electron chi connectivity index (χ2n) is 3.76. The zero-order chi connectivity index (χ0) is 10.4. The maximum atomic E-state index is 11.5. The number of amides is 1. The molecule has 0 bridgehead atoms. The van der Waals surface area contributed by atoms with Gasteiger partial charge in [-0.05, 0) is 18.8 Å². The molecule has 0 spiro atoms. The Morgan fingerprint density at radius 2 is 2.50 bits per heavy atom. The summed E-state index contributed by atoms with van der Waals surface area (Å²) in [5.41, 5.74) is 5.18. The van der Waals surface area contributed by atoms with Crippen LogP contribution in [0, 0.1) is 5.92 Å². The van der Waals surface area contributed by atoms with Crippen LogP contribution in [0.25, 0.3) is 0 Å². The van der Waals surface area contributed by atoms with Crippen LogP contribution in [0.1, 0.15) is 26.2 Å². The first-order valence-corrected chi connectivity index (χ1v) is 5.25. The van der Waals surface area contributed by atoms with Gasteiger partial charge in [-0.1, -0.05) is 6.92 Å². The first-order chi connectivity index (χ1) is 6.77. The first-order valence-electron chi connectivity index (χ1n) is 5.25. The average Bonchev–Trinajstić information content (AvgIpc) is 2.63. The molecule has 4 heteroatoms. The number of carbonyl (C=O) groups excluding carboxylic acids is 1. The highest BCUT2D eigenvalue weighted by Gasteiger charge is 2.24. The molecule has 0 aromatic rings. The Kier molecular flexibility index (Phi) is 4.43. The second-order valence-corrected chi connectivity index (χ2v) is 3.76. The number of carbonyl (C=O) groups is 1. The smallest absolute Gasteiger partial charge is 0.222 e. The third-order valence-electron chi connectivity index (χ3n) is 2.57. The topological polar surface area (TPSA) is 58.7 Å². The predicted molar refractivity (Wildman–Crippen MR) is 57.1 cm³/mol. The summed E-state index contributed by atoms with van der Waals surface area (Å²) in [6.07, 6.45) is 4.01. The molecule has 1 unspecified atom stereocenters. The zero-order valence-electron chi connectivity index (χ0n) is 8.78. The molecule has 0 saturated carbocycles. The minimum Gasteiger partial charge on any atom is -0.390 e. The molecular weight excluding hydrogens is 178 g/mol. The van der Waals surface area contributed by atoms with Crippen LogP contribution in [0.3, 0.4) is 0 Å². The van der Waals surface area contributed by atoms with Crippen LogP contribution in [0.15, 0.2) is 4.99 Å². The van der Waals surface area contributed by atoms with Gasteiger partial charge in [0.25, 0.3) is 0 Å². The largest absolute Gasteiger partial charge is 0.390 e. The van der Waals surface area contributed by atoms with Crippen molar-refractivity contribution in [3.8, 4) is 0 Å². The lowest BCUT2D eigenvalue weighted by Gasteiger charge is -2.15. The summed E-state index contributed by atoms with van der Waals surface area (Å²) in [6, 6.07) is 0. The SMILES string of the molecule is CCCC(=O)N1CCC(CN=CN)C1. The molecular formula is C10H19N3O. The Bertz CT molecular complexity index is 215. The van der Waals surface area contributed by atoms with Crippen LogP contribution >= 0.6 is 0 Å². The molecule has 0 aliphatic carbocycles. The van der Waals surface area contributed by atoms with E-state index in [0.29, 0.717) is 12.3 Å². The summed E-state index contributed by atoms with van der Waals surface area (Å²) in [5.74, 6) is 0.794. The van der Waals surface area contributed by atoms with Gasteiger partial charge in [-0.15, -0.1) is 0 Å².